The number of hydrogen-bond donors (Lipinski definition) is 3. The first-order valence-corrected chi connectivity index (χ1v) is 8.82. The number of benzene rings is 1. The third kappa shape index (κ3) is 5.05. The number of likely N-dealkylation sites (tertiary alicyclic amines) is 1. The molecule has 1 atom stereocenters. The molecule has 0 bridgehead atoms. The van der Waals surface area contributed by atoms with Gasteiger partial charge in [0.25, 0.3) is 5.91 Å². The van der Waals surface area contributed by atoms with E-state index in [1.807, 2.05) is 6.07 Å². The lowest BCUT2D eigenvalue weighted by molar-refractivity contribution is -0.124. The Morgan fingerprint density at radius 1 is 1.38 bits per heavy atom. The summed E-state index contributed by atoms with van der Waals surface area (Å²) < 4.78 is 0. The minimum atomic E-state index is -0.604. The minimum absolute atomic E-state index is 0.297. The zero-order valence-corrected chi connectivity index (χ0v) is 15.0. The van der Waals surface area contributed by atoms with E-state index < -0.39 is 5.91 Å². The second-order valence-electron chi connectivity index (χ2n) is 6.26. The van der Waals surface area contributed by atoms with Crippen LogP contribution in [0.2, 0.25) is 5.02 Å². The molecule has 1 amide bonds. The van der Waals surface area contributed by atoms with Crippen LogP contribution in [0.25, 0.3) is 6.08 Å². The molecule has 1 aromatic carbocycles. The van der Waals surface area contributed by atoms with Gasteiger partial charge in [-0.2, -0.15) is 0 Å². The Morgan fingerprint density at radius 2 is 2.19 bits per heavy atom. The lowest BCUT2D eigenvalue weighted by Crippen LogP contribution is -2.26. The van der Waals surface area contributed by atoms with E-state index in [1.54, 1.807) is 12.3 Å². The largest absolute Gasteiger partial charge is 0.365 e. The third-order valence-electron chi connectivity index (χ3n) is 4.26. The highest BCUT2D eigenvalue weighted by Crippen LogP contribution is 2.24. The standard InChI is InChI=1S/C19H21ClN4O2/c20-17-10-15(6-7-18(25)23-26)11-21-19(17)22-16-8-9-24(13-16)12-14-4-2-1-3-5-14/h1-7,10-11,16,26H,8-9,12-13H2,(H,21,22)(H,23,25)/b7-6+/t16-/m1/s1. The molecule has 3 rings (SSSR count). The molecule has 2 aromatic rings. The van der Waals surface area contributed by atoms with E-state index in [2.05, 4.69) is 39.5 Å². The molecule has 0 spiro atoms. The van der Waals surface area contributed by atoms with Gasteiger partial charge in [-0.05, 0) is 29.7 Å². The fourth-order valence-electron chi connectivity index (χ4n) is 2.99. The van der Waals surface area contributed by atoms with Crippen molar-refractivity contribution in [3.63, 3.8) is 0 Å². The van der Waals surface area contributed by atoms with Crippen LogP contribution in [0.3, 0.4) is 0 Å². The van der Waals surface area contributed by atoms with Crippen LogP contribution in [0, 0.1) is 0 Å². The van der Waals surface area contributed by atoms with Crippen LogP contribution in [-0.2, 0) is 11.3 Å². The van der Waals surface area contributed by atoms with Crippen LogP contribution < -0.4 is 10.8 Å². The summed E-state index contributed by atoms with van der Waals surface area (Å²) in [6.07, 6.45) is 5.40. The molecule has 136 valence electrons. The molecule has 0 aliphatic carbocycles. The first-order chi connectivity index (χ1) is 12.6. The molecule has 1 aliphatic heterocycles. The number of pyridine rings is 1. The number of anilines is 1. The van der Waals surface area contributed by atoms with E-state index in [4.69, 9.17) is 16.8 Å². The van der Waals surface area contributed by atoms with Crippen molar-refractivity contribution in [3.8, 4) is 0 Å². The quantitative estimate of drug-likeness (QED) is 0.413. The molecular weight excluding hydrogens is 352 g/mol. The van der Waals surface area contributed by atoms with E-state index >= 15 is 0 Å². The number of carbonyl (C=O) groups is 1. The monoisotopic (exact) mass is 372 g/mol. The van der Waals surface area contributed by atoms with E-state index in [1.165, 1.54) is 23.2 Å². The number of nitrogens with one attached hydrogen (secondary N) is 2. The number of hydroxylamine groups is 1. The Kier molecular flexibility index (Phi) is 6.22. The van der Waals surface area contributed by atoms with Crippen LogP contribution in [0.1, 0.15) is 17.5 Å². The summed E-state index contributed by atoms with van der Waals surface area (Å²) in [5, 5.41) is 12.4. The summed E-state index contributed by atoms with van der Waals surface area (Å²) in [6.45, 7) is 2.91. The minimum Gasteiger partial charge on any atom is -0.365 e. The molecule has 1 aliphatic rings. The molecule has 0 radical (unpaired) electrons. The van der Waals surface area contributed by atoms with Crippen molar-refractivity contribution in [2.24, 2.45) is 0 Å². The van der Waals surface area contributed by atoms with Gasteiger partial charge in [0.2, 0.25) is 0 Å². The molecule has 1 fully saturated rings. The highest BCUT2D eigenvalue weighted by molar-refractivity contribution is 6.33. The fourth-order valence-corrected chi connectivity index (χ4v) is 3.22. The van der Waals surface area contributed by atoms with E-state index in [0.717, 1.165) is 26.1 Å². The van der Waals surface area contributed by atoms with Gasteiger partial charge in [-0.1, -0.05) is 41.9 Å². The van der Waals surface area contributed by atoms with Crippen molar-refractivity contribution in [1.29, 1.82) is 0 Å². The van der Waals surface area contributed by atoms with Gasteiger partial charge in [-0.15, -0.1) is 0 Å². The van der Waals surface area contributed by atoms with Gasteiger partial charge in [-0.3, -0.25) is 14.9 Å². The maximum Gasteiger partial charge on any atom is 0.267 e. The maximum atomic E-state index is 11.0. The van der Waals surface area contributed by atoms with Crippen LogP contribution in [0.15, 0.2) is 48.7 Å². The zero-order valence-electron chi connectivity index (χ0n) is 14.2. The Hall–Kier alpha value is -2.41. The number of rotatable bonds is 6. The summed E-state index contributed by atoms with van der Waals surface area (Å²) in [6, 6.07) is 12.5. The first kappa shape index (κ1) is 18.4. The zero-order chi connectivity index (χ0) is 18.4. The summed E-state index contributed by atoms with van der Waals surface area (Å²) >= 11 is 6.30. The molecule has 26 heavy (non-hydrogen) atoms. The summed E-state index contributed by atoms with van der Waals surface area (Å²) in [5.41, 5.74) is 3.53. The van der Waals surface area contributed by atoms with Gasteiger partial charge < -0.3 is 5.32 Å². The van der Waals surface area contributed by atoms with Crippen LogP contribution >= 0.6 is 11.6 Å². The number of carbonyl (C=O) groups excluding carboxylic acids is 1. The number of halogens is 1. The van der Waals surface area contributed by atoms with Crippen molar-refractivity contribution >= 4 is 29.4 Å². The summed E-state index contributed by atoms with van der Waals surface area (Å²) in [5.74, 6) is 0.0368. The first-order valence-electron chi connectivity index (χ1n) is 8.44. The van der Waals surface area contributed by atoms with Crippen molar-refractivity contribution < 1.29 is 10.0 Å². The Bertz CT molecular complexity index is 782. The second-order valence-corrected chi connectivity index (χ2v) is 6.67. The Labute approximate surface area is 157 Å². The average Bonchev–Trinajstić information content (AvgIpc) is 3.09. The predicted octanol–water partition coefficient (Wildman–Crippen LogP) is 2.94. The lowest BCUT2D eigenvalue weighted by Gasteiger charge is -2.17. The van der Waals surface area contributed by atoms with Crippen molar-refractivity contribution in [2.75, 3.05) is 18.4 Å². The SMILES string of the molecule is O=C(/C=C/c1cnc(N[C@@H]2CCN(Cc3ccccc3)C2)c(Cl)c1)NO. The number of nitrogens with zero attached hydrogens (tertiary/aromatic N) is 2. The molecule has 0 saturated carbocycles. The predicted molar refractivity (Wildman–Crippen MR) is 102 cm³/mol. The normalized spacial score (nSPS) is 17.5. The molecule has 7 heteroatoms. The third-order valence-corrected chi connectivity index (χ3v) is 4.55. The molecule has 0 unspecified atom stereocenters. The lowest BCUT2D eigenvalue weighted by atomic mass is 10.2. The van der Waals surface area contributed by atoms with E-state index in [9.17, 15) is 4.79 Å². The van der Waals surface area contributed by atoms with Crippen molar-refractivity contribution in [1.82, 2.24) is 15.4 Å². The van der Waals surface area contributed by atoms with Gasteiger partial charge in [0, 0.05) is 37.9 Å². The smallest absolute Gasteiger partial charge is 0.267 e. The van der Waals surface area contributed by atoms with Crippen LogP contribution in [0.4, 0.5) is 5.82 Å². The van der Waals surface area contributed by atoms with Gasteiger partial charge in [-0.25, -0.2) is 10.5 Å². The average molecular weight is 373 g/mol. The number of hydrogen-bond acceptors (Lipinski definition) is 5. The van der Waals surface area contributed by atoms with Crippen molar-refractivity contribution in [2.45, 2.75) is 19.0 Å². The van der Waals surface area contributed by atoms with E-state index in [-0.39, 0.29) is 0 Å². The molecule has 1 aromatic heterocycles. The highest BCUT2D eigenvalue weighted by atomic mass is 35.5. The van der Waals surface area contributed by atoms with Gasteiger partial charge in [0.05, 0.1) is 5.02 Å². The number of aromatic nitrogens is 1. The topological polar surface area (TPSA) is 77.5 Å². The van der Waals surface area contributed by atoms with E-state index in [0.29, 0.717) is 22.4 Å². The molecule has 1 saturated heterocycles. The van der Waals surface area contributed by atoms with Crippen LogP contribution in [-0.4, -0.2) is 40.1 Å². The molecule has 2 heterocycles. The summed E-state index contributed by atoms with van der Waals surface area (Å²) in [4.78, 5) is 17.8. The Morgan fingerprint density at radius 3 is 2.92 bits per heavy atom. The second kappa shape index (κ2) is 8.80. The Balaban J connectivity index is 1.56. The highest BCUT2D eigenvalue weighted by Gasteiger charge is 2.23. The number of amides is 1. The van der Waals surface area contributed by atoms with Gasteiger partial charge in [0.1, 0.15) is 5.82 Å². The fraction of sp³-hybridized carbons (Fsp3) is 0.263. The molecule has 3 N–H and O–H groups in total. The summed E-state index contributed by atoms with van der Waals surface area (Å²) in [7, 11) is 0. The molecular formula is C19H21ClN4O2. The molecule has 6 nitrogen and oxygen atoms in total. The van der Waals surface area contributed by atoms with Gasteiger partial charge in [0.15, 0.2) is 0 Å². The van der Waals surface area contributed by atoms with Gasteiger partial charge >= 0.3 is 0 Å². The van der Waals surface area contributed by atoms with Crippen LogP contribution in [0.5, 0.6) is 0 Å². The van der Waals surface area contributed by atoms with Crippen molar-refractivity contribution in [3.05, 3.63) is 64.8 Å². The maximum absolute atomic E-state index is 11.0.